The van der Waals surface area contributed by atoms with Gasteiger partial charge in [-0.3, -0.25) is 4.98 Å². The summed E-state index contributed by atoms with van der Waals surface area (Å²) in [6, 6.07) is 50.4. The van der Waals surface area contributed by atoms with Crippen molar-refractivity contribution in [3.8, 4) is 11.1 Å². The van der Waals surface area contributed by atoms with Gasteiger partial charge in [-0.2, -0.15) is 0 Å². The van der Waals surface area contributed by atoms with Gasteiger partial charge in [0.25, 0.3) is 0 Å². The number of aromatic nitrogens is 1. The lowest BCUT2D eigenvalue weighted by Gasteiger charge is -2.26. The Morgan fingerprint density at radius 2 is 1.16 bits per heavy atom. The third-order valence-corrected chi connectivity index (χ3v) is 10.6. The highest BCUT2D eigenvalue weighted by molar-refractivity contribution is 7.26. The molecule has 0 unspecified atom stereocenters. The second-order valence-corrected chi connectivity index (χ2v) is 12.9. The Bertz CT molecular complexity index is 2450. The molecule has 2 nitrogen and oxygen atoms in total. The molecular weight excluding hydrogens is 561 g/mol. The van der Waals surface area contributed by atoms with Crippen molar-refractivity contribution in [1.82, 2.24) is 4.98 Å². The number of rotatable bonds is 4. The SMILES string of the molecule is c1ccc(-c2ccc(N(c3ccc4sc5cnc6ccccc6c5c4c3)c3cccc4c3sc3ccccc34)cc2)cc1. The standard InChI is InChI=1S/C39H24N2S2/c1-2-9-25(10-3-1)26-17-19-27(20-18-26)41(34-15-8-13-30-29-11-5-7-16-35(29)43-39(30)34)28-21-22-36-32(23-28)38-31-12-4-6-14-33(31)40-24-37(38)42-36/h1-24H. The highest BCUT2D eigenvalue weighted by atomic mass is 32.1. The summed E-state index contributed by atoms with van der Waals surface area (Å²) >= 11 is 3.68. The zero-order valence-corrected chi connectivity index (χ0v) is 24.7. The van der Waals surface area contributed by atoms with E-state index in [-0.39, 0.29) is 0 Å². The molecule has 43 heavy (non-hydrogen) atoms. The summed E-state index contributed by atoms with van der Waals surface area (Å²) in [7, 11) is 0. The molecule has 0 atom stereocenters. The van der Waals surface area contributed by atoms with E-state index in [1.54, 1.807) is 0 Å². The van der Waals surface area contributed by atoms with E-state index in [4.69, 9.17) is 4.98 Å². The maximum Gasteiger partial charge on any atom is 0.0709 e. The van der Waals surface area contributed by atoms with E-state index in [2.05, 4.69) is 144 Å². The van der Waals surface area contributed by atoms with Crippen LogP contribution in [0.25, 0.3) is 62.4 Å². The molecule has 0 fully saturated rings. The fraction of sp³-hybridized carbons (Fsp3) is 0. The maximum absolute atomic E-state index is 4.75. The van der Waals surface area contributed by atoms with Gasteiger partial charge in [-0.05, 0) is 59.7 Å². The summed E-state index contributed by atoms with van der Waals surface area (Å²) in [6.07, 6.45) is 2.03. The van der Waals surface area contributed by atoms with Crippen LogP contribution in [-0.2, 0) is 0 Å². The Hall–Kier alpha value is -5.03. The molecule has 0 aliphatic rings. The molecule has 3 heterocycles. The number of anilines is 3. The first-order chi connectivity index (χ1) is 21.3. The first kappa shape index (κ1) is 24.6. The quantitative estimate of drug-likeness (QED) is 0.205. The topological polar surface area (TPSA) is 16.1 Å². The number of fused-ring (bicyclic) bond motifs is 8. The molecule has 0 amide bonds. The Kier molecular flexibility index (Phi) is 5.58. The molecule has 0 radical (unpaired) electrons. The summed E-state index contributed by atoms with van der Waals surface area (Å²) in [5.74, 6) is 0. The second-order valence-electron chi connectivity index (χ2n) is 10.8. The van der Waals surface area contributed by atoms with Gasteiger partial charge in [0.2, 0.25) is 0 Å². The highest BCUT2D eigenvalue weighted by Crippen LogP contribution is 2.47. The summed E-state index contributed by atoms with van der Waals surface area (Å²) < 4.78 is 5.09. The van der Waals surface area contributed by atoms with E-state index in [0.29, 0.717) is 0 Å². The van der Waals surface area contributed by atoms with Crippen LogP contribution in [0.5, 0.6) is 0 Å². The fourth-order valence-electron chi connectivity index (χ4n) is 6.31. The second kappa shape index (κ2) is 9.77. The zero-order valence-electron chi connectivity index (χ0n) is 23.1. The smallest absolute Gasteiger partial charge is 0.0709 e. The summed E-state index contributed by atoms with van der Waals surface area (Å²) in [5, 5.41) is 6.36. The largest absolute Gasteiger partial charge is 0.309 e. The van der Waals surface area contributed by atoms with Gasteiger partial charge in [-0.15, -0.1) is 22.7 Å². The molecule has 9 aromatic rings. The molecule has 3 aromatic heterocycles. The molecule has 4 heteroatoms. The van der Waals surface area contributed by atoms with Gasteiger partial charge in [0.05, 0.1) is 20.6 Å². The molecule has 0 aliphatic carbocycles. The Morgan fingerprint density at radius 3 is 2.05 bits per heavy atom. The van der Waals surface area contributed by atoms with Gasteiger partial charge in [-0.25, -0.2) is 0 Å². The third kappa shape index (κ3) is 3.95. The maximum atomic E-state index is 4.75. The molecule has 0 aliphatic heterocycles. The molecule has 0 saturated heterocycles. The number of hydrogen-bond acceptors (Lipinski definition) is 4. The van der Waals surface area contributed by atoms with E-state index in [1.807, 2.05) is 28.9 Å². The lowest BCUT2D eigenvalue weighted by molar-refractivity contribution is 1.31. The number of thiophene rings is 2. The lowest BCUT2D eigenvalue weighted by atomic mass is 10.0. The molecule has 6 aromatic carbocycles. The molecule has 0 saturated carbocycles. The van der Waals surface area contributed by atoms with Crippen LogP contribution >= 0.6 is 22.7 Å². The predicted octanol–water partition coefficient (Wildman–Crippen LogP) is 12.1. The Morgan fingerprint density at radius 1 is 0.465 bits per heavy atom. The normalized spacial score (nSPS) is 11.7. The van der Waals surface area contributed by atoms with Crippen LogP contribution in [0.3, 0.4) is 0 Å². The van der Waals surface area contributed by atoms with Crippen LogP contribution < -0.4 is 4.90 Å². The van der Waals surface area contributed by atoms with Crippen LogP contribution in [0.2, 0.25) is 0 Å². The monoisotopic (exact) mass is 584 g/mol. The van der Waals surface area contributed by atoms with Crippen molar-refractivity contribution in [1.29, 1.82) is 0 Å². The van der Waals surface area contributed by atoms with E-state index in [9.17, 15) is 0 Å². The van der Waals surface area contributed by atoms with Crippen molar-refractivity contribution in [3.05, 3.63) is 146 Å². The molecular formula is C39H24N2S2. The van der Waals surface area contributed by atoms with Crippen LogP contribution in [0.4, 0.5) is 17.1 Å². The van der Waals surface area contributed by atoms with Crippen molar-refractivity contribution < 1.29 is 0 Å². The highest BCUT2D eigenvalue weighted by Gasteiger charge is 2.20. The van der Waals surface area contributed by atoms with E-state index < -0.39 is 0 Å². The van der Waals surface area contributed by atoms with Gasteiger partial charge in [0.15, 0.2) is 0 Å². The van der Waals surface area contributed by atoms with E-state index >= 15 is 0 Å². The van der Waals surface area contributed by atoms with Crippen LogP contribution in [-0.4, -0.2) is 4.98 Å². The van der Waals surface area contributed by atoms with E-state index in [0.717, 1.165) is 16.9 Å². The first-order valence-corrected chi connectivity index (χ1v) is 16.0. The van der Waals surface area contributed by atoms with Gasteiger partial charge in [0, 0.05) is 53.9 Å². The van der Waals surface area contributed by atoms with Crippen LogP contribution in [0.1, 0.15) is 0 Å². The minimum absolute atomic E-state index is 1.03. The lowest BCUT2D eigenvalue weighted by Crippen LogP contribution is -2.10. The number of pyridine rings is 1. The van der Waals surface area contributed by atoms with Gasteiger partial charge in [-0.1, -0.05) is 91.0 Å². The van der Waals surface area contributed by atoms with Gasteiger partial charge >= 0.3 is 0 Å². The zero-order chi connectivity index (χ0) is 28.3. The minimum Gasteiger partial charge on any atom is -0.309 e. The number of para-hydroxylation sites is 1. The van der Waals surface area contributed by atoms with Gasteiger partial charge in [0.1, 0.15) is 0 Å². The van der Waals surface area contributed by atoms with Crippen molar-refractivity contribution in [3.63, 3.8) is 0 Å². The van der Waals surface area contributed by atoms with Crippen molar-refractivity contribution in [2.75, 3.05) is 4.90 Å². The van der Waals surface area contributed by atoms with Crippen LogP contribution in [0, 0.1) is 0 Å². The number of benzene rings is 6. The summed E-state index contributed by atoms with van der Waals surface area (Å²) in [4.78, 5) is 7.18. The Labute approximate surface area is 256 Å². The van der Waals surface area contributed by atoms with Crippen molar-refractivity contribution >= 4 is 91.0 Å². The minimum atomic E-state index is 1.03. The Balaban J connectivity index is 1.30. The van der Waals surface area contributed by atoms with Gasteiger partial charge < -0.3 is 4.90 Å². The average Bonchev–Trinajstić information content (AvgIpc) is 3.65. The van der Waals surface area contributed by atoms with Crippen LogP contribution in [0.15, 0.2) is 146 Å². The molecule has 0 spiro atoms. The van der Waals surface area contributed by atoms with Crippen molar-refractivity contribution in [2.24, 2.45) is 0 Å². The number of nitrogens with zero attached hydrogens (tertiary/aromatic N) is 2. The fourth-order valence-corrected chi connectivity index (χ4v) is 8.58. The summed E-state index contributed by atoms with van der Waals surface area (Å²) in [5.41, 5.74) is 6.93. The predicted molar refractivity (Wildman–Crippen MR) is 188 cm³/mol. The van der Waals surface area contributed by atoms with E-state index in [1.165, 1.54) is 62.5 Å². The first-order valence-electron chi connectivity index (χ1n) is 14.4. The molecule has 0 bridgehead atoms. The third-order valence-electron chi connectivity index (χ3n) is 8.31. The summed E-state index contributed by atoms with van der Waals surface area (Å²) in [6.45, 7) is 0. The number of hydrogen-bond donors (Lipinski definition) is 0. The van der Waals surface area contributed by atoms with Crippen molar-refractivity contribution in [2.45, 2.75) is 0 Å². The molecule has 202 valence electrons. The molecule has 0 N–H and O–H groups in total. The molecule has 9 rings (SSSR count). The average molecular weight is 585 g/mol.